The van der Waals surface area contributed by atoms with E-state index in [1.807, 2.05) is 26.8 Å². The topological polar surface area (TPSA) is 77.1 Å². The number of nitrogens with zero attached hydrogens (tertiary/aromatic N) is 1. The maximum absolute atomic E-state index is 12.9. The number of carbonyl (C=O) groups is 2. The van der Waals surface area contributed by atoms with Crippen molar-refractivity contribution in [1.29, 1.82) is 0 Å². The Bertz CT molecular complexity index is 955. The van der Waals surface area contributed by atoms with Crippen molar-refractivity contribution in [2.45, 2.75) is 27.2 Å². The van der Waals surface area contributed by atoms with Gasteiger partial charge in [0.05, 0.1) is 30.9 Å². The Hall–Kier alpha value is -3.22. The summed E-state index contributed by atoms with van der Waals surface area (Å²) in [6.07, 6.45) is 0.829. The first kappa shape index (κ1) is 21.5. The summed E-state index contributed by atoms with van der Waals surface area (Å²) in [7, 11) is 3.01. The number of carbonyl (C=O) groups excluding carboxylic acids is 2. The van der Waals surface area contributed by atoms with E-state index in [2.05, 4.69) is 5.32 Å². The molecule has 3 rings (SSSR count). The molecule has 2 amide bonds. The van der Waals surface area contributed by atoms with Crippen molar-refractivity contribution in [3.63, 3.8) is 0 Å². The minimum absolute atomic E-state index is 0.0287. The van der Waals surface area contributed by atoms with Crippen molar-refractivity contribution in [3.8, 4) is 17.2 Å². The molecule has 1 aliphatic heterocycles. The molecule has 0 aromatic heterocycles. The summed E-state index contributed by atoms with van der Waals surface area (Å²) in [5.74, 6) is 1.11. The zero-order chi connectivity index (χ0) is 21.9. The van der Waals surface area contributed by atoms with Gasteiger partial charge in [0.15, 0.2) is 11.5 Å². The number of hydrogen-bond acceptors (Lipinski definition) is 5. The van der Waals surface area contributed by atoms with Gasteiger partial charge in [0.25, 0.3) is 5.91 Å². The highest BCUT2D eigenvalue weighted by atomic mass is 16.5. The predicted molar refractivity (Wildman–Crippen MR) is 116 cm³/mol. The predicted octanol–water partition coefficient (Wildman–Crippen LogP) is 4.12. The Morgan fingerprint density at radius 1 is 1.20 bits per heavy atom. The van der Waals surface area contributed by atoms with Gasteiger partial charge in [-0.25, -0.2) is 0 Å². The first-order valence-corrected chi connectivity index (χ1v) is 9.93. The molecule has 1 N–H and O–H groups in total. The van der Waals surface area contributed by atoms with Crippen molar-refractivity contribution < 1.29 is 23.8 Å². The molecule has 0 aliphatic carbocycles. The standard InChI is InChI=1S/C23H28N2O5/c1-6-12-25-17-11-10-15(13-19(17)30-14-23(2,3)22(25)27)24-21(26)16-8-7-9-18(28-4)20(16)29-5/h7-11,13H,6,12,14H2,1-5H3,(H,24,26). The van der Waals surface area contributed by atoms with Crippen LogP contribution in [0.3, 0.4) is 0 Å². The van der Waals surface area contributed by atoms with E-state index >= 15 is 0 Å². The number of benzene rings is 2. The average Bonchev–Trinajstić information content (AvgIpc) is 2.83. The van der Waals surface area contributed by atoms with Crippen LogP contribution in [0, 0.1) is 5.41 Å². The van der Waals surface area contributed by atoms with Crippen LogP contribution < -0.4 is 24.4 Å². The quantitative estimate of drug-likeness (QED) is 0.772. The minimum atomic E-state index is -0.633. The lowest BCUT2D eigenvalue weighted by molar-refractivity contribution is -0.127. The third kappa shape index (κ3) is 4.06. The SMILES string of the molecule is CCCN1C(=O)C(C)(C)COc2cc(NC(=O)c3cccc(OC)c3OC)ccc21. The lowest BCUT2D eigenvalue weighted by atomic mass is 9.93. The van der Waals surface area contributed by atoms with E-state index in [-0.39, 0.29) is 18.4 Å². The Balaban J connectivity index is 1.91. The largest absolute Gasteiger partial charge is 0.493 e. The molecule has 0 saturated heterocycles. The summed E-state index contributed by atoms with van der Waals surface area (Å²) in [6.45, 7) is 6.65. The van der Waals surface area contributed by atoms with Crippen molar-refractivity contribution in [1.82, 2.24) is 0 Å². The Morgan fingerprint density at radius 3 is 2.63 bits per heavy atom. The number of ether oxygens (including phenoxy) is 3. The molecule has 0 atom stereocenters. The highest BCUT2D eigenvalue weighted by Gasteiger charge is 2.37. The highest BCUT2D eigenvalue weighted by molar-refractivity contribution is 6.07. The van der Waals surface area contributed by atoms with Crippen molar-refractivity contribution in [2.24, 2.45) is 5.41 Å². The summed E-state index contributed by atoms with van der Waals surface area (Å²) in [4.78, 5) is 27.6. The zero-order valence-corrected chi connectivity index (χ0v) is 18.1. The Kier molecular flexibility index (Phi) is 6.20. The number of nitrogens with one attached hydrogen (secondary N) is 1. The lowest BCUT2D eigenvalue weighted by Crippen LogP contribution is -2.42. The number of methoxy groups -OCH3 is 2. The van der Waals surface area contributed by atoms with Gasteiger partial charge in [-0.05, 0) is 44.5 Å². The molecule has 0 saturated carbocycles. The molecule has 0 radical (unpaired) electrons. The van der Waals surface area contributed by atoms with E-state index in [0.717, 1.165) is 6.42 Å². The van der Waals surface area contributed by atoms with Crippen LogP contribution in [-0.4, -0.2) is 39.2 Å². The van der Waals surface area contributed by atoms with E-state index in [4.69, 9.17) is 14.2 Å². The molecule has 2 aromatic rings. The molecule has 0 bridgehead atoms. The summed E-state index contributed by atoms with van der Waals surface area (Å²) in [5, 5.41) is 2.88. The second kappa shape index (κ2) is 8.65. The van der Waals surface area contributed by atoms with Crippen LogP contribution in [0.5, 0.6) is 17.2 Å². The van der Waals surface area contributed by atoms with Crippen molar-refractivity contribution in [2.75, 3.05) is 37.6 Å². The van der Waals surface area contributed by atoms with E-state index in [1.165, 1.54) is 14.2 Å². The monoisotopic (exact) mass is 412 g/mol. The zero-order valence-electron chi connectivity index (χ0n) is 18.1. The van der Waals surface area contributed by atoms with Gasteiger partial charge >= 0.3 is 0 Å². The molecular weight excluding hydrogens is 384 g/mol. The van der Waals surface area contributed by atoms with Gasteiger partial charge in [-0.3, -0.25) is 9.59 Å². The molecule has 0 unspecified atom stereocenters. The van der Waals surface area contributed by atoms with Crippen molar-refractivity contribution >= 4 is 23.2 Å². The molecule has 2 aromatic carbocycles. The van der Waals surface area contributed by atoms with Gasteiger partial charge in [-0.2, -0.15) is 0 Å². The number of rotatable bonds is 6. The van der Waals surface area contributed by atoms with Crippen LogP contribution in [0.1, 0.15) is 37.6 Å². The molecular formula is C23H28N2O5. The molecule has 1 heterocycles. The fraction of sp³-hybridized carbons (Fsp3) is 0.391. The number of fused-ring (bicyclic) bond motifs is 1. The first-order valence-electron chi connectivity index (χ1n) is 9.93. The van der Waals surface area contributed by atoms with Gasteiger partial charge in [0, 0.05) is 18.3 Å². The van der Waals surface area contributed by atoms with Crippen LogP contribution in [0.2, 0.25) is 0 Å². The van der Waals surface area contributed by atoms with Crippen LogP contribution >= 0.6 is 0 Å². The van der Waals surface area contributed by atoms with Gasteiger partial charge in [0.2, 0.25) is 5.91 Å². The number of amides is 2. The molecule has 30 heavy (non-hydrogen) atoms. The summed E-state index contributed by atoms with van der Waals surface area (Å²) in [5.41, 5.74) is 0.999. The van der Waals surface area contributed by atoms with Crippen LogP contribution in [-0.2, 0) is 4.79 Å². The molecule has 7 heteroatoms. The van der Waals surface area contributed by atoms with Crippen molar-refractivity contribution in [3.05, 3.63) is 42.0 Å². The Morgan fingerprint density at radius 2 is 1.97 bits per heavy atom. The van der Waals surface area contributed by atoms with Gasteiger partial charge in [-0.15, -0.1) is 0 Å². The lowest BCUT2D eigenvalue weighted by Gasteiger charge is -2.27. The summed E-state index contributed by atoms with van der Waals surface area (Å²) < 4.78 is 16.6. The van der Waals surface area contributed by atoms with E-state index in [1.54, 1.807) is 35.2 Å². The molecule has 7 nitrogen and oxygen atoms in total. The molecule has 160 valence electrons. The number of para-hydroxylation sites is 1. The minimum Gasteiger partial charge on any atom is -0.493 e. The fourth-order valence-corrected chi connectivity index (χ4v) is 3.44. The number of anilines is 2. The van der Waals surface area contributed by atoms with Crippen LogP contribution in [0.25, 0.3) is 0 Å². The average molecular weight is 412 g/mol. The second-order valence-corrected chi connectivity index (χ2v) is 7.81. The van der Waals surface area contributed by atoms with E-state index < -0.39 is 5.41 Å². The normalized spacial score (nSPS) is 15.0. The van der Waals surface area contributed by atoms with Crippen LogP contribution in [0.15, 0.2) is 36.4 Å². The summed E-state index contributed by atoms with van der Waals surface area (Å²) >= 11 is 0. The summed E-state index contributed by atoms with van der Waals surface area (Å²) in [6, 6.07) is 10.4. The first-order chi connectivity index (χ1) is 14.3. The maximum atomic E-state index is 12.9. The second-order valence-electron chi connectivity index (χ2n) is 7.81. The van der Waals surface area contributed by atoms with E-state index in [9.17, 15) is 9.59 Å². The molecule has 0 spiro atoms. The maximum Gasteiger partial charge on any atom is 0.259 e. The Labute approximate surface area is 176 Å². The fourth-order valence-electron chi connectivity index (χ4n) is 3.44. The molecule has 1 aliphatic rings. The third-order valence-corrected chi connectivity index (χ3v) is 5.02. The smallest absolute Gasteiger partial charge is 0.259 e. The van der Waals surface area contributed by atoms with Gasteiger partial charge in [0.1, 0.15) is 12.4 Å². The highest BCUT2D eigenvalue weighted by Crippen LogP contribution is 2.38. The van der Waals surface area contributed by atoms with E-state index in [0.29, 0.717) is 40.7 Å². The third-order valence-electron chi connectivity index (χ3n) is 5.02. The van der Waals surface area contributed by atoms with Gasteiger partial charge in [-0.1, -0.05) is 13.0 Å². The van der Waals surface area contributed by atoms with Gasteiger partial charge < -0.3 is 24.4 Å². The molecule has 0 fully saturated rings. The number of hydrogen-bond donors (Lipinski definition) is 1. The van der Waals surface area contributed by atoms with Crippen LogP contribution in [0.4, 0.5) is 11.4 Å².